The second-order valence-electron chi connectivity index (χ2n) is 6.19. The van der Waals surface area contributed by atoms with Gasteiger partial charge in [-0.05, 0) is 36.3 Å². The number of nitrogens with one attached hydrogen (secondary N) is 1. The molecule has 138 valence electrons. The van der Waals surface area contributed by atoms with Crippen LogP contribution in [-0.4, -0.2) is 30.4 Å². The number of rotatable bonds is 6. The van der Waals surface area contributed by atoms with E-state index >= 15 is 0 Å². The van der Waals surface area contributed by atoms with Gasteiger partial charge in [0.15, 0.2) is 5.78 Å². The first-order valence-electron chi connectivity index (χ1n) is 8.83. The highest BCUT2D eigenvalue weighted by Crippen LogP contribution is 2.26. The molecule has 2 aromatic carbocycles. The van der Waals surface area contributed by atoms with E-state index in [1.54, 1.807) is 19.3 Å². The van der Waals surface area contributed by atoms with Crippen molar-refractivity contribution in [2.45, 2.75) is 13.0 Å². The van der Waals surface area contributed by atoms with Crippen LogP contribution in [-0.2, 0) is 4.79 Å². The first-order valence-corrected chi connectivity index (χ1v) is 8.83. The molecule has 5 nitrogen and oxygen atoms in total. The van der Waals surface area contributed by atoms with Crippen LogP contribution in [0.25, 0.3) is 6.08 Å². The quantitative estimate of drug-likeness (QED) is 0.792. The molecule has 2 aromatic rings. The highest BCUT2D eigenvalue weighted by atomic mass is 16.5. The Labute approximate surface area is 158 Å². The van der Waals surface area contributed by atoms with Crippen molar-refractivity contribution in [2.24, 2.45) is 0 Å². The molecule has 1 aliphatic heterocycles. The average Bonchev–Trinajstić information content (AvgIpc) is 2.70. The van der Waals surface area contributed by atoms with E-state index in [1.807, 2.05) is 61.5 Å². The van der Waals surface area contributed by atoms with Gasteiger partial charge < -0.3 is 15.0 Å². The fourth-order valence-corrected chi connectivity index (χ4v) is 2.87. The van der Waals surface area contributed by atoms with Gasteiger partial charge in [0.05, 0.1) is 12.6 Å². The highest BCUT2D eigenvalue weighted by Gasteiger charge is 2.29. The lowest BCUT2D eigenvalue weighted by Crippen LogP contribution is -2.43. The maximum Gasteiger partial charge on any atom is 0.321 e. The maximum absolute atomic E-state index is 12.8. The molecule has 0 spiro atoms. The minimum absolute atomic E-state index is 0.149. The van der Waals surface area contributed by atoms with E-state index in [0.29, 0.717) is 12.2 Å². The van der Waals surface area contributed by atoms with Gasteiger partial charge in [0.2, 0.25) is 0 Å². The summed E-state index contributed by atoms with van der Waals surface area (Å²) < 4.78 is 5.42. The Hall–Kier alpha value is -3.34. The number of hydrogen-bond donors (Lipinski definition) is 1. The molecule has 1 atom stereocenters. The predicted molar refractivity (Wildman–Crippen MR) is 105 cm³/mol. The number of hydrogen-bond acceptors (Lipinski definition) is 3. The van der Waals surface area contributed by atoms with Gasteiger partial charge in [0, 0.05) is 18.8 Å². The molecule has 0 aromatic heterocycles. The monoisotopic (exact) mass is 362 g/mol. The molecule has 0 saturated heterocycles. The van der Waals surface area contributed by atoms with Crippen LogP contribution in [0, 0.1) is 0 Å². The summed E-state index contributed by atoms with van der Waals surface area (Å²) in [6.45, 7) is 2.55. The Morgan fingerprint density at radius 3 is 2.52 bits per heavy atom. The molecule has 0 fully saturated rings. The molecule has 0 bridgehead atoms. The van der Waals surface area contributed by atoms with Gasteiger partial charge in [-0.1, -0.05) is 48.5 Å². The molecule has 0 unspecified atom stereocenters. The standard InChI is InChI=1S/C22H22N2O3/c1-3-27-18-12-9-16(10-13-18)11-14-20(25)19-15-24(2)22(26)23-21(19)17-7-5-4-6-8-17/h4-15,21H,3H2,1-2H3,(H,23,26)/t21-/m1/s1. The van der Waals surface area contributed by atoms with Gasteiger partial charge in [-0.3, -0.25) is 4.79 Å². The largest absolute Gasteiger partial charge is 0.494 e. The molecule has 1 aliphatic rings. The van der Waals surface area contributed by atoms with Gasteiger partial charge in [-0.25, -0.2) is 4.79 Å². The lowest BCUT2D eigenvalue weighted by atomic mass is 9.94. The van der Waals surface area contributed by atoms with Crippen LogP contribution < -0.4 is 10.1 Å². The Kier molecular flexibility index (Phi) is 5.71. The predicted octanol–water partition coefficient (Wildman–Crippen LogP) is 3.95. The molecule has 1 N–H and O–H groups in total. The second kappa shape index (κ2) is 8.36. The van der Waals surface area contributed by atoms with Crippen LogP contribution in [0.5, 0.6) is 5.75 Å². The Morgan fingerprint density at radius 2 is 1.85 bits per heavy atom. The molecular weight excluding hydrogens is 340 g/mol. The smallest absolute Gasteiger partial charge is 0.321 e. The summed E-state index contributed by atoms with van der Waals surface area (Å²) >= 11 is 0. The zero-order chi connectivity index (χ0) is 19.2. The summed E-state index contributed by atoms with van der Waals surface area (Å²) in [5.41, 5.74) is 2.29. The third-order valence-electron chi connectivity index (χ3n) is 4.27. The van der Waals surface area contributed by atoms with Crippen molar-refractivity contribution >= 4 is 17.9 Å². The summed E-state index contributed by atoms with van der Waals surface area (Å²) in [6, 6.07) is 16.3. The van der Waals surface area contributed by atoms with Crippen LogP contribution in [0.1, 0.15) is 24.1 Å². The van der Waals surface area contributed by atoms with E-state index in [1.165, 1.54) is 11.0 Å². The normalized spacial score (nSPS) is 16.8. The van der Waals surface area contributed by atoms with E-state index in [9.17, 15) is 9.59 Å². The summed E-state index contributed by atoms with van der Waals surface area (Å²) in [5, 5.41) is 2.88. The van der Waals surface area contributed by atoms with Crippen LogP contribution in [0.15, 0.2) is 72.4 Å². The van der Waals surface area contributed by atoms with Crippen LogP contribution >= 0.6 is 0 Å². The fourth-order valence-electron chi connectivity index (χ4n) is 2.87. The second-order valence-corrected chi connectivity index (χ2v) is 6.19. The molecule has 5 heteroatoms. The minimum atomic E-state index is -0.465. The fraction of sp³-hybridized carbons (Fsp3) is 0.182. The Bertz CT molecular complexity index is 870. The van der Waals surface area contributed by atoms with E-state index < -0.39 is 6.04 Å². The third-order valence-corrected chi connectivity index (χ3v) is 4.27. The maximum atomic E-state index is 12.8. The van der Waals surface area contributed by atoms with Crippen molar-refractivity contribution in [1.29, 1.82) is 0 Å². The molecule has 0 saturated carbocycles. The van der Waals surface area contributed by atoms with E-state index in [0.717, 1.165) is 16.9 Å². The third kappa shape index (κ3) is 4.44. The van der Waals surface area contributed by atoms with E-state index in [4.69, 9.17) is 4.74 Å². The number of benzene rings is 2. The number of nitrogens with zero attached hydrogens (tertiary/aromatic N) is 1. The first kappa shape index (κ1) is 18.5. The Morgan fingerprint density at radius 1 is 1.15 bits per heavy atom. The van der Waals surface area contributed by atoms with Crippen molar-refractivity contribution in [3.05, 3.63) is 83.6 Å². The summed E-state index contributed by atoms with van der Waals surface area (Å²) in [6.07, 6.45) is 4.89. The SMILES string of the molecule is CCOc1ccc(C=CC(=O)C2=CN(C)C(=O)N[C@@H]2c2ccccc2)cc1. The lowest BCUT2D eigenvalue weighted by Gasteiger charge is -2.29. The number of carbonyl (C=O) groups excluding carboxylic acids is 2. The van der Waals surface area contributed by atoms with Crippen molar-refractivity contribution in [3.63, 3.8) is 0 Å². The molecule has 1 heterocycles. The molecular formula is C22H22N2O3. The molecule has 3 rings (SSSR count). The number of ketones is 1. The number of amides is 2. The lowest BCUT2D eigenvalue weighted by molar-refractivity contribution is -0.111. The van der Waals surface area contributed by atoms with Gasteiger partial charge in [0.25, 0.3) is 0 Å². The number of ether oxygens (including phenoxy) is 1. The highest BCUT2D eigenvalue weighted by molar-refractivity contribution is 6.08. The van der Waals surface area contributed by atoms with E-state index in [-0.39, 0.29) is 11.8 Å². The van der Waals surface area contributed by atoms with Crippen LogP contribution in [0.4, 0.5) is 4.79 Å². The average molecular weight is 362 g/mol. The molecule has 2 amide bonds. The number of urea groups is 1. The van der Waals surface area contributed by atoms with Crippen molar-refractivity contribution < 1.29 is 14.3 Å². The number of allylic oxidation sites excluding steroid dienone is 1. The van der Waals surface area contributed by atoms with Gasteiger partial charge in [0.1, 0.15) is 5.75 Å². The van der Waals surface area contributed by atoms with Gasteiger partial charge in [-0.15, -0.1) is 0 Å². The molecule has 0 radical (unpaired) electrons. The summed E-state index contributed by atoms with van der Waals surface area (Å²) in [4.78, 5) is 26.2. The Balaban J connectivity index is 1.82. The zero-order valence-electron chi connectivity index (χ0n) is 15.4. The zero-order valence-corrected chi connectivity index (χ0v) is 15.4. The van der Waals surface area contributed by atoms with Crippen molar-refractivity contribution in [1.82, 2.24) is 10.2 Å². The van der Waals surface area contributed by atoms with Gasteiger partial charge in [-0.2, -0.15) is 0 Å². The summed E-state index contributed by atoms with van der Waals surface area (Å²) in [7, 11) is 1.62. The number of carbonyl (C=O) groups is 2. The van der Waals surface area contributed by atoms with E-state index in [2.05, 4.69) is 5.32 Å². The first-order chi connectivity index (χ1) is 13.1. The minimum Gasteiger partial charge on any atom is -0.494 e. The van der Waals surface area contributed by atoms with Gasteiger partial charge >= 0.3 is 6.03 Å². The topological polar surface area (TPSA) is 58.6 Å². The molecule has 27 heavy (non-hydrogen) atoms. The van der Waals surface area contributed by atoms with Crippen LogP contribution in [0.2, 0.25) is 0 Å². The molecule has 0 aliphatic carbocycles. The van der Waals surface area contributed by atoms with Crippen molar-refractivity contribution in [2.75, 3.05) is 13.7 Å². The summed E-state index contributed by atoms with van der Waals surface area (Å²) in [5.74, 6) is 0.647. The van der Waals surface area contributed by atoms with Crippen LogP contribution in [0.3, 0.4) is 0 Å². The van der Waals surface area contributed by atoms with Crippen molar-refractivity contribution in [3.8, 4) is 5.75 Å².